The Hall–Kier alpha value is -0.610. The van der Waals surface area contributed by atoms with E-state index in [0.29, 0.717) is 5.92 Å². The standard InChI is InChI=1S/C9H21N3O/c1-5-8(9(13)11-10)12(4)6-7(2)3/h7-8H,5-6,10H2,1-4H3,(H,11,13). The molecular weight excluding hydrogens is 166 g/mol. The first kappa shape index (κ1) is 12.4. The third-order valence-electron chi connectivity index (χ3n) is 2.02. The van der Waals surface area contributed by atoms with Crippen molar-refractivity contribution in [3.05, 3.63) is 0 Å². The van der Waals surface area contributed by atoms with E-state index in [1.165, 1.54) is 0 Å². The summed E-state index contributed by atoms with van der Waals surface area (Å²) in [5, 5.41) is 0. The largest absolute Gasteiger partial charge is 0.295 e. The van der Waals surface area contributed by atoms with E-state index in [1.54, 1.807) is 0 Å². The Kier molecular flexibility index (Phi) is 5.66. The van der Waals surface area contributed by atoms with Crippen molar-refractivity contribution in [1.82, 2.24) is 10.3 Å². The third-order valence-corrected chi connectivity index (χ3v) is 2.02. The first-order valence-corrected chi connectivity index (χ1v) is 4.73. The summed E-state index contributed by atoms with van der Waals surface area (Å²) in [6, 6.07) is -0.104. The number of amides is 1. The number of nitrogens with two attached hydrogens (primary N) is 1. The Bertz CT molecular complexity index is 159. The van der Waals surface area contributed by atoms with Gasteiger partial charge in [-0.3, -0.25) is 15.1 Å². The van der Waals surface area contributed by atoms with E-state index in [0.717, 1.165) is 13.0 Å². The summed E-state index contributed by atoms with van der Waals surface area (Å²) in [7, 11) is 1.95. The molecule has 0 radical (unpaired) electrons. The Morgan fingerprint density at radius 2 is 2.08 bits per heavy atom. The van der Waals surface area contributed by atoms with Crippen LogP contribution >= 0.6 is 0 Å². The van der Waals surface area contributed by atoms with Gasteiger partial charge >= 0.3 is 0 Å². The molecule has 0 saturated carbocycles. The number of carbonyl (C=O) groups excluding carboxylic acids is 1. The molecule has 4 nitrogen and oxygen atoms in total. The molecule has 0 fully saturated rings. The molecule has 0 bridgehead atoms. The van der Waals surface area contributed by atoms with Crippen LogP contribution in [0.25, 0.3) is 0 Å². The highest BCUT2D eigenvalue weighted by atomic mass is 16.2. The van der Waals surface area contributed by atoms with Gasteiger partial charge in [-0.1, -0.05) is 20.8 Å². The summed E-state index contributed by atoms with van der Waals surface area (Å²) in [5.74, 6) is 5.54. The number of hydrogen-bond acceptors (Lipinski definition) is 3. The molecule has 0 saturated heterocycles. The van der Waals surface area contributed by atoms with Crippen molar-refractivity contribution in [2.75, 3.05) is 13.6 Å². The van der Waals surface area contributed by atoms with E-state index in [-0.39, 0.29) is 11.9 Å². The summed E-state index contributed by atoms with van der Waals surface area (Å²) < 4.78 is 0. The van der Waals surface area contributed by atoms with Gasteiger partial charge in [0.05, 0.1) is 6.04 Å². The quantitative estimate of drug-likeness (QED) is 0.371. The molecule has 1 amide bonds. The van der Waals surface area contributed by atoms with Crippen LogP contribution in [-0.2, 0) is 4.79 Å². The van der Waals surface area contributed by atoms with Gasteiger partial charge in [0.1, 0.15) is 0 Å². The van der Waals surface area contributed by atoms with Crippen LogP contribution in [0, 0.1) is 5.92 Å². The third kappa shape index (κ3) is 4.24. The zero-order valence-corrected chi connectivity index (χ0v) is 9.00. The fourth-order valence-electron chi connectivity index (χ4n) is 1.50. The van der Waals surface area contributed by atoms with E-state index < -0.39 is 0 Å². The van der Waals surface area contributed by atoms with Gasteiger partial charge in [-0.2, -0.15) is 0 Å². The van der Waals surface area contributed by atoms with Crippen molar-refractivity contribution in [2.24, 2.45) is 11.8 Å². The zero-order chi connectivity index (χ0) is 10.4. The summed E-state index contributed by atoms with van der Waals surface area (Å²) in [4.78, 5) is 13.3. The summed E-state index contributed by atoms with van der Waals surface area (Å²) >= 11 is 0. The molecule has 4 heteroatoms. The maximum Gasteiger partial charge on any atom is 0.251 e. The Labute approximate surface area is 80.4 Å². The lowest BCUT2D eigenvalue weighted by Crippen LogP contribution is -2.48. The minimum Gasteiger partial charge on any atom is -0.295 e. The number of carbonyl (C=O) groups is 1. The van der Waals surface area contributed by atoms with Gasteiger partial charge in [-0.15, -0.1) is 0 Å². The summed E-state index contributed by atoms with van der Waals surface area (Å²) in [6.07, 6.45) is 0.784. The second-order valence-corrected chi connectivity index (χ2v) is 3.77. The van der Waals surface area contributed by atoms with Gasteiger partial charge < -0.3 is 0 Å². The normalized spacial score (nSPS) is 13.5. The minimum absolute atomic E-state index is 0.104. The molecule has 0 aliphatic carbocycles. The highest BCUT2D eigenvalue weighted by molar-refractivity contribution is 5.80. The van der Waals surface area contributed by atoms with Gasteiger partial charge in [0, 0.05) is 6.54 Å². The second-order valence-electron chi connectivity index (χ2n) is 3.77. The van der Waals surface area contributed by atoms with Crippen LogP contribution < -0.4 is 11.3 Å². The lowest BCUT2D eigenvalue weighted by molar-refractivity contribution is -0.126. The monoisotopic (exact) mass is 187 g/mol. The number of hydrazine groups is 1. The predicted octanol–water partition coefficient (Wildman–Crippen LogP) is 0.343. The van der Waals surface area contributed by atoms with E-state index in [9.17, 15) is 4.79 Å². The topological polar surface area (TPSA) is 58.4 Å². The molecule has 0 aliphatic rings. The molecule has 1 atom stereocenters. The van der Waals surface area contributed by atoms with Crippen molar-refractivity contribution in [3.63, 3.8) is 0 Å². The van der Waals surface area contributed by atoms with Crippen molar-refractivity contribution in [2.45, 2.75) is 33.2 Å². The van der Waals surface area contributed by atoms with Crippen molar-refractivity contribution >= 4 is 5.91 Å². The molecule has 3 N–H and O–H groups in total. The minimum atomic E-state index is -0.106. The predicted molar refractivity (Wildman–Crippen MR) is 53.9 cm³/mol. The second kappa shape index (κ2) is 5.94. The smallest absolute Gasteiger partial charge is 0.251 e. The number of rotatable bonds is 5. The van der Waals surface area contributed by atoms with Crippen molar-refractivity contribution < 1.29 is 4.79 Å². The zero-order valence-electron chi connectivity index (χ0n) is 9.00. The van der Waals surface area contributed by atoms with E-state index in [1.807, 2.05) is 18.9 Å². The van der Waals surface area contributed by atoms with Gasteiger partial charge in [0.2, 0.25) is 0 Å². The van der Waals surface area contributed by atoms with Crippen LogP contribution in [0.15, 0.2) is 0 Å². The maximum atomic E-state index is 11.3. The first-order valence-electron chi connectivity index (χ1n) is 4.73. The summed E-state index contributed by atoms with van der Waals surface area (Å²) in [5.41, 5.74) is 2.19. The van der Waals surface area contributed by atoms with Gasteiger partial charge in [0.15, 0.2) is 0 Å². The average molecular weight is 187 g/mol. The fourth-order valence-corrected chi connectivity index (χ4v) is 1.50. The molecule has 0 aromatic heterocycles. The SMILES string of the molecule is CCC(C(=O)NN)N(C)CC(C)C. The van der Waals surface area contributed by atoms with Gasteiger partial charge in [-0.25, -0.2) is 5.84 Å². The van der Waals surface area contributed by atoms with Crippen LogP contribution in [0.4, 0.5) is 0 Å². The van der Waals surface area contributed by atoms with E-state index in [2.05, 4.69) is 19.3 Å². The molecule has 0 heterocycles. The lowest BCUT2D eigenvalue weighted by atomic mass is 10.1. The molecule has 0 aromatic rings. The Morgan fingerprint density at radius 3 is 2.38 bits per heavy atom. The number of nitrogens with one attached hydrogen (secondary N) is 1. The Balaban J connectivity index is 4.14. The number of hydrogen-bond donors (Lipinski definition) is 2. The highest BCUT2D eigenvalue weighted by Gasteiger charge is 2.20. The average Bonchev–Trinajstić information content (AvgIpc) is 2.03. The fraction of sp³-hybridized carbons (Fsp3) is 0.889. The van der Waals surface area contributed by atoms with Crippen LogP contribution in [0.2, 0.25) is 0 Å². The molecule has 78 valence electrons. The van der Waals surface area contributed by atoms with Crippen LogP contribution in [0.3, 0.4) is 0 Å². The molecule has 1 unspecified atom stereocenters. The van der Waals surface area contributed by atoms with Gasteiger partial charge in [0.25, 0.3) is 5.91 Å². The molecule has 0 aliphatic heterocycles. The van der Waals surface area contributed by atoms with E-state index in [4.69, 9.17) is 5.84 Å². The molecular formula is C9H21N3O. The van der Waals surface area contributed by atoms with Gasteiger partial charge in [-0.05, 0) is 19.4 Å². The molecule has 0 rings (SSSR count). The van der Waals surface area contributed by atoms with E-state index >= 15 is 0 Å². The molecule has 0 spiro atoms. The lowest BCUT2D eigenvalue weighted by Gasteiger charge is -2.26. The molecule has 0 aromatic carbocycles. The van der Waals surface area contributed by atoms with Crippen molar-refractivity contribution in [3.8, 4) is 0 Å². The summed E-state index contributed by atoms with van der Waals surface area (Å²) in [6.45, 7) is 7.15. The van der Waals surface area contributed by atoms with Crippen LogP contribution in [0.1, 0.15) is 27.2 Å². The first-order chi connectivity index (χ1) is 6.02. The molecule has 13 heavy (non-hydrogen) atoms. The Morgan fingerprint density at radius 1 is 1.54 bits per heavy atom. The van der Waals surface area contributed by atoms with Crippen LogP contribution in [0.5, 0.6) is 0 Å². The highest BCUT2D eigenvalue weighted by Crippen LogP contribution is 2.05. The number of nitrogens with zero attached hydrogens (tertiary/aromatic N) is 1. The number of likely N-dealkylation sites (N-methyl/N-ethyl adjacent to an activating group) is 1. The van der Waals surface area contributed by atoms with Crippen LogP contribution in [-0.4, -0.2) is 30.4 Å². The van der Waals surface area contributed by atoms with Crippen molar-refractivity contribution in [1.29, 1.82) is 0 Å². The maximum absolute atomic E-state index is 11.3.